The largest absolute Gasteiger partial charge is 0 e. The van der Waals surface area contributed by atoms with Crippen molar-refractivity contribution in [3.05, 3.63) is 0 Å². The van der Waals surface area contributed by atoms with Crippen LogP contribution in [0.2, 0.25) is 0 Å². The van der Waals surface area contributed by atoms with E-state index in [4.69, 9.17) is 0 Å². The van der Waals surface area contributed by atoms with E-state index in [9.17, 15) is 0 Å². The normalized spacial score (nSPS) is 3.00. The van der Waals surface area contributed by atoms with Gasteiger partial charge in [0.25, 0.3) is 0 Å². The molecule has 6 heavy (non-hydrogen) atoms. The fourth-order valence-corrected chi connectivity index (χ4v) is 0. The monoisotopic (exact) mass is 414 g/mol. The fourth-order valence-electron chi connectivity index (χ4n) is 0. The van der Waals surface area contributed by atoms with Crippen LogP contribution in [-0.4, -0.2) is 58.2 Å². The zero-order chi connectivity index (χ0) is 2.71. The van der Waals surface area contributed by atoms with Gasteiger partial charge < -0.3 is 0 Å². The van der Waals surface area contributed by atoms with Crippen LogP contribution in [0.1, 0.15) is 0 Å². The molecule has 0 atom stereocenters. The van der Waals surface area contributed by atoms with Crippen LogP contribution in [0.5, 0.6) is 0 Å². The van der Waals surface area contributed by atoms with Gasteiger partial charge in [0, 0.05) is 36.8 Å². The Bertz CT molecular complexity index is 15.5. The third kappa shape index (κ3) is 24.7. The number of hydrogen-bond acceptors (Lipinski definition) is 0. The van der Waals surface area contributed by atoms with Crippen LogP contribution in [0, 0.1) is 0 Å². The van der Waals surface area contributed by atoms with Crippen LogP contribution < -0.4 is 0 Å². The van der Waals surface area contributed by atoms with Gasteiger partial charge in [-0.25, -0.2) is 0 Å². The van der Waals surface area contributed by atoms with Gasteiger partial charge in [0.15, 0.2) is 0 Å². The van der Waals surface area contributed by atoms with Crippen molar-refractivity contribution in [1.29, 1.82) is 0 Å². The summed E-state index contributed by atoms with van der Waals surface area (Å²) in [6.45, 7) is 0. The molecule has 0 amide bonds. The average molecular weight is 416 g/mol. The standard InChI is InChI=1S/Al.Au.Ca.Cr.H3Si.Zn.3H/h;;;;1H3;;;;. The molecule has 0 aromatic heterocycles. The first-order valence-corrected chi connectivity index (χ1v) is 11.6. The molecule has 0 aliphatic rings. The Morgan fingerprint density at radius 3 is 1.50 bits per heavy atom. The summed E-state index contributed by atoms with van der Waals surface area (Å²) in [5, 5.41) is 0. The molecule has 0 aromatic carbocycles. The van der Waals surface area contributed by atoms with E-state index >= 15 is 0 Å². The molecule has 6 heteroatoms. The maximum Gasteiger partial charge on any atom is 0 e. The number of rotatable bonds is 0. The van der Waals surface area contributed by atoms with Crippen molar-refractivity contribution in [2.24, 2.45) is 0 Å². The van der Waals surface area contributed by atoms with Gasteiger partial charge in [0.2, 0.25) is 0 Å². The van der Waals surface area contributed by atoms with Gasteiger partial charge in [-0.1, -0.05) is 0 Å². The summed E-state index contributed by atoms with van der Waals surface area (Å²) in [4.78, 5) is 0. The zero-order valence-corrected chi connectivity index (χ0v) is 12.9. The van der Waals surface area contributed by atoms with E-state index in [0.717, 1.165) is 0 Å². The van der Waals surface area contributed by atoms with Crippen LogP contribution in [0.3, 0.4) is 0 Å². The predicted octanol–water partition coefficient (Wildman–Crippen LogP) is -2.76. The minimum atomic E-state index is 0. The third-order valence-corrected chi connectivity index (χ3v) is 0. The topological polar surface area (TPSA) is 0 Å². The van der Waals surface area contributed by atoms with Crippen molar-refractivity contribution in [3.63, 3.8) is 0 Å². The van der Waals surface area contributed by atoms with Crippen LogP contribution >= 0.6 is 0 Å². The van der Waals surface area contributed by atoms with Crippen molar-refractivity contribution in [1.82, 2.24) is 0 Å². The Hall–Kier alpha value is 3.91. The Morgan fingerprint density at radius 1 is 1.50 bits per heavy atom. The van der Waals surface area contributed by atoms with Gasteiger partial charge in [0.05, 0.1) is 0 Å². The molecule has 0 fully saturated rings. The Morgan fingerprint density at radius 2 is 1.50 bits per heavy atom. The summed E-state index contributed by atoms with van der Waals surface area (Å²) in [5.41, 5.74) is 0. The van der Waals surface area contributed by atoms with Gasteiger partial charge >= 0.3 is 77.0 Å². The predicted molar refractivity (Wildman–Crippen MR) is 25.6 cm³/mol. The number of hydrogen-bond donors (Lipinski definition) is 0. The van der Waals surface area contributed by atoms with E-state index < -0.39 is 0 Å². The summed E-state index contributed by atoms with van der Waals surface area (Å²) in [6.07, 6.45) is 0. The van der Waals surface area contributed by atoms with E-state index in [0.29, 0.717) is 11.6 Å². The molecule has 0 bridgehead atoms. The van der Waals surface area contributed by atoms with Gasteiger partial charge in [0.1, 0.15) is 0 Å². The molecule has 0 aliphatic heterocycles. The summed E-state index contributed by atoms with van der Waals surface area (Å²) in [6, 6.07) is 0. The second-order valence-electron chi connectivity index (χ2n) is 0.213. The van der Waals surface area contributed by atoms with Crippen molar-refractivity contribution >= 4 is 58.2 Å². The van der Waals surface area contributed by atoms with Crippen LogP contribution in [-0.2, 0) is 55.7 Å². The smallest absolute Gasteiger partial charge is 0 e. The van der Waals surface area contributed by atoms with Crippen LogP contribution in [0.15, 0.2) is 0 Å². The molecule has 0 radical (unpaired) electrons. The summed E-state index contributed by atoms with van der Waals surface area (Å²) in [5.74, 6) is 0. The molecule has 0 unspecified atom stereocenters. The average Bonchev–Trinajstić information content (AvgIpc) is 0.918. The van der Waals surface area contributed by atoms with E-state index in [1.54, 1.807) is 0 Å². The van der Waals surface area contributed by atoms with Crippen molar-refractivity contribution in [2.45, 2.75) is 0 Å². The molecule has 0 spiro atoms. The van der Waals surface area contributed by atoms with Gasteiger partial charge in [-0.2, -0.15) is 0 Å². The third-order valence-electron chi connectivity index (χ3n) is 0. The minimum Gasteiger partial charge on any atom is 0 e. The maximum absolute atomic E-state index is 2.63. The summed E-state index contributed by atoms with van der Waals surface area (Å²) < 4.78 is 0. The zero-order valence-electron chi connectivity index (χ0n) is 3.12. The molecule has 0 heterocycles. The molecule has 0 aromatic rings. The fraction of sp³-hybridized carbons (Fsp3) is 0. The van der Waals surface area contributed by atoms with E-state index in [-0.39, 0.29) is 74.6 Å². The molecule has 34 valence electrons. The van der Waals surface area contributed by atoms with Crippen LogP contribution in [0.25, 0.3) is 0 Å². The van der Waals surface area contributed by atoms with Crippen molar-refractivity contribution in [3.8, 4) is 0 Å². The molecule has 0 rings (SSSR count). The quantitative estimate of drug-likeness (QED) is 0.376. The van der Waals surface area contributed by atoms with Crippen molar-refractivity contribution in [2.75, 3.05) is 0 Å². The molecule has 0 nitrogen and oxygen atoms in total. The van der Waals surface area contributed by atoms with E-state index in [1.807, 2.05) is 0 Å². The van der Waals surface area contributed by atoms with Gasteiger partial charge in [-0.15, -0.1) is 0 Å². The molecule has 0 aliphatic carbocycles. The first-order chi connectivity index (χ1) is 1.41. The first kappa shape index (κ1) is 22.5. The molecule has 0 N–H and O–H groups in total. The Labute approximate surface area is 111 Å². The van der Waals surface area contributed by atoms with Crippen molar-refractivity contribution < 1.29 is 55.7 Å². The van der Waals surface area contributed by atoms with Gasteiger partial charge in [-0.05, 0) is 0 Å². The molecule has 0 saturated heterocycles. The molecular formula is H6AlAuCaCrSiZn. The molecule has 0 saturated carbocycles. The summed E-state index contributed by atoms with van der Waals surface area (Å²) >= 11 is 3.13. The Balaban J connectivity index is -0.00000000667. The van der Waals surface area contributed by atoms with E-state index in [2.05, 4.69) is 18.8 Å². The Kier molecular flexibility index (Phi) is 86.8. The SMILES string of the molecule is [CaH2].[Cr].[SiH3][AlH][Au].[Zn]. The molecular weight excluding hydrogens is 409 g/mol. The minimum absolute atomic E-state index is 0. The van der Waals surface area contributed by atoms with Crippen LogP contribution in [0.4, 0.5) is 0 Å². The summed E-state index contributed by atoms with van der Waals surface area (Å²) in [7, 11) is 1.48. The van der Waals surface area contributed by atoms with E-state index in [1.165, 1.54) is 8.80 Å². The second-order valence-corrected chi connectivity index (χ2v) is 15.7. The first-order valence-electron chi connectivity index (χ1n) is 0.920. The second kappa shape index (κ2) is 23.1. The van der Waals surface area contributed by atoms with Gasteiger partial charge in [-0.3, -0.25) is 0 Å². The maximum atomic E-state index is 2.63.